The van der Waals surface area contributed by atoms with Crippen molar-refractivity contribution in [2.75, 3.05) is 23.3 Å². The number of benzene rings is 1. The summed E-state index contributed by atoms with van der Waals surface area (Å²) in [5.74, 6) is 0.0645. The molecule has 6 heteroatoms. The summed E-state index contributed by atoms with van der Waals surface area (Å²) in [6.45, 7) is 5.46. The van der Waals surface area contributed by atoms with E-state index in [0.29, 0.717) is 28.5 Å². The Bertz CT molecular complexity index is 741. The molecule has 1 aromatic carbocycles. The van der Waals surface area contributed by atoms with Gasteiger partial charge in [0.05, 0.1) is 11.3 Å². The molecule has 0 radical (unpaired) electrons. The molecular weight excluding hydrogens is 295 g/mol. The number of aromatic nitrogens is 2. The monoisotopic (exact) mass is 314 g/mol. The van der Waals surface area contributed by atoms with Crippen molar-refractivity contribution in [2.45, 2.75) is 26.7 Å². The van der Waals surface area contributed by atoms with Crippen molar-refractivity contribution in [3.63, 3.8) is 0 Å². The molecule has 0 spiro atoms. The van der Waals surface area contributed by atoms with Crippen LogP contribution in [0.25, 0.3) is 0 Å². The Morgan fingerprint density at radius 2 is 2.00 bits per heavy atom. The third-order valence-electron chi connectivity index (χ3n) is 4.04. The van der Waals surface area contributed by atoms with E-state index in [0.717, 1.165) is 25.9 Å². The number of carbonyl (C=O) groups is 1. The molecule has 5 nitrogen and oxygen atoms in total. The molecule has 3 rings (SSSR count). The minimum Gasteiger partial charge on any atom is -0.341 e. The fourth-order valence-corrected chi connectivity index (χ4v) is 2.70. The zero-order valence-corrected chi connectivity index (χ0v) is 13.3. The van der Waals surface area contributed by atoms with Crippen LogP contribution in [0.1, 0.15) is 34.5 Å². The number of nitrogens with zero attached hydrogens (tertiary/aromatic N) is 3. The van der Waals surface area contributed by atoms with Gasteiger partial charge in [-0.1, -0.05) is 0 Å². The zero-order valence-electron chi connectivity index (χ0n) is 13.3. The average Bonchev–Trinajstić information content (AvgIpc) is 3.04. The molecule has 23 heavy (non-hydrogen) atoms. The highest BCUT2D eigenvalue weighted by Crippen LogP contribution is 2.19. The molecule has 2 aromatic rings. The molecule has 0 saturated carbocycles. The van der Waals surface area contributed by atoms with Crippen LogP contribution in [0.15, 0.2) is 24.4 Å². The predicted molar refractivity (Wildman–Crippen MR) is 87.3 cm³/mol. The second-order valence-corrected chi connectivity index (χ2v) is 5.78. The zero-order chi connectivity index (χ0) is 16.4. The molecule has 0 aliphatic carbocycles. The number of halogens is 1. The van der Waals surface area contributed by atoms with E-state index in [4.69, 9.17) is 0 Å². The molecule has 1 saturated heterocycles. The van der Waals surface area contributed by atoms with Gasteiger partial charge in [-0.15, -0.1) is 0 Å². The van der Waals surface area contributed by atoms with E-state index in [2.05, 4.69) is 20.2 Å². The van der Waals surface area contributed by atoms with Gasteiger partial charge in [-0.05, 0) is 50.5 Å². The van der Waals surface area contributed by atoms with Gasteiger partial charge < -0.3 is 10.2 Å². The maximum atomic E-state index is 13.1. The maximum Gasteiger partial charge on any atom is 0.259 e. The van der Waals surface area contributed by atoms with E-state index >= 15 is 0 Å². The first-order valence-electron chi connectivity index (χ1n) is 7.70. The van der Waals surface area contributed by atoms with Crippen LogP contribution >= 0.6 is 0 Å². The van der Waals surface area contributed by atoms with E-state index < -0.39 is 0 Å². The lowest BCUT2D eigenvalue weighted by Crippen LogP contribution is -2.22. The van der Waals surface area contributed by atoms with Gasteiger partial charge in [0, 0.05) is 25.0 Å². The van der Waals surface area contributed by atoms with E-state index in [1.807, 2.05) is 0 Å². The standard InChI is InChI=1S/C17H19FN4O/c1-11-9-13(18)5-6-15(11)21-16(23)14-10-19-17(20-12(14)2)22-7-3-4-8-22/h5-6,9-10H,3-4,7-8H2,1-2H3,(H,21,23). The van der Waals surface area contributed by atoms with E-state index in [1.54, 1.807) is 26.1 Å². The molecule has 2 heterocycles. The van der Waals surface area contributed by atoms with Gasteiger partial charge >= 0.3 is 0 Å². The molecule has 0 atom stereocenters. The first-order chi connectivity index (χ1) is 11.0. The molecule has 0 bridgehead atoms. The number of hydrogen-bond donors (Lipinski definition) is 1. The van der Waals surface area contributed by atoms with Gasteiger partial charge in [0.2, 0.25) is 5.95 Å². The van der Waals surface area contributed by atoms with Crippen LogP contribution in [0.2, 0.25) is 0 Å². The highest BCUT2D eigenvalue weighted by molar-refractivity contribution is 6.05. The van der Waals surface area contributed by atoms with Gasteiger partial charge in [0.1, 0.15) is 5.82 Å². The fourth-order valence-electron chi connectivity index (χ4n) is 2.70. The van der Waals surface area contributed by atoms with Crippen molar-refractivity contribution >= 4 is 17.5 Å². The number of nitrogens with one attached hydrogen (secondary N) is 1. The van der Waals surface area contributed by atoms with Crippen LogP contribution in [0, 0.1) is 19.7 Å². The predicted octanol–water partition coefficient (Wildman–Crippen LogP) is 3.09. The van der Waals surface area contributed by atoms with Crippen LogP contribution in [0.3, 0.4) is 0 Å². The Morgan fingerprint density at radius 1 is 1.26 bits per heavy atom. The smallest absolute Gasteiger partial charge is 0.259 e. The lowest BCUT2D eigenvalue weighted by atomic mass is 10.1. The molecule has 1 aliphatic heterocycles. The molecule has 1 amide bonds. The Hall–Kier alpha value is -2.50. The van der Waals surface area contributed by atoms with Gasteiger partial charge in [0.15, 0.2) is 0 Å². The van der Waals surface area contributed by atoms with E-state index in [-0.39, 0.29) is 11.7 Å². The molecule has 1 aliphatic rings. The number of amides is 1. The topological polar surface area (TPSA) is 58.1 Å². The third-order valence-corrected chi connectivity index (χ3v) is 4.04. The van der Waals surface area contributed by atoms with Crippen LogP contribution < -0.4 is 10.2 Å². The van der Waals surface area contributed by atoms with Crippen molar-refractivity contribution in [1.29, 1.82) is 0 Å². The number of hydrogen-bond acceptors (Lipinski definition) is 4. The lowest BCUT2D eigenvalue weighted by Gasteiger charge is -2.16. The first-order valence-corrected chi connectivity index (χ1v) is 7.70. The number of aryl methyl sites for hydroxylation is 2. The summed E-state index contributed by atoms with van der Waals surface area (Å²) in [5.41, 5.74) is 2.32. The third kappa shape index (κ3) is 3.31. The van der Waals surface area contributed by atoms with Gasteiger partial charge in [-0.25, -0.2) is 14.4 Å². The van der Waals surface area contributed by atoms with Crippen molar-refractivity contribution in [2.24, 2.45) is 0 Å². The molecule has 0 unspecified atom stereocenters. The number of carbonyl (C=O) groups excluding carboxylic acids is 1. The number of rotatable bonds is 3. The van der Waals surface area contributed by atoms with Crippen LogP contribution in [0.5, 0.6) is 0 Å². The normalized spacial score (nSPS) is 14.1. The van der Waals surface area contributed by atoms with Gasteiger partial charge in [-0.3, -0.25) is 4.79 Å². The minimum absolute atomic E-state index is 0.287. The molecule has 120 valence electrons. The largest absolute Gasteiger partial charge is 0.341 e. The van der Waals surface area contributed by atoms with E-state index in [1.165, 1.54) is 12.1 Å². The summed E-state index contributed by atoms with van der Waals surface area (Å²) in [4.78, 5) is 23.3. The number of anilines is 2. The summed E-state index contributed by atoms with van der Waals surface area (Å²) in [5, 5.41) is 2.78. The Balaban J connectivity index is 1.79. The Labute approximate surface area is 134 Å². The second kappa shape index (κ2) is 6.32. The first kappa shape index (κ1) is 15.4. The van der Waals surface area contributed by atoms with Crippen LogP contribution in [0.4, 0.5) is 16.0 Å². The van der Waals surface area contributed by atoms with Crippen LogP contribution in [-0.2, 0) is 0 Å². The summed E-state index contributed by atoms with van der Waals surface area (Å²) >= 11 is 0. The highest BCUT2D eigenvalue weighted by Gasteiger charge is 2.18. The Kier molecular flexibility index (Phi) is 4.23. The van der Waals surface area contributed by atoms with Crippen molar-refractivity contribution in [1.82, 2.24) is 9.97 Å². The van der Waals surface area contributed by atoms with Gasteiger partial charge in [0.25, 0.3) is 5.91 Å². The van der Waals surface area contributed by atoms with Crippen molar-refractivity contribution in [3.8, 4) is 0 Å². The summed E-state index contributed by atoms with van der Waals surface area (Å²) in [6, 6.07) is 4.26. The van der Waals surface area contributed by atoms with Crippen molar-refractivity contribution in [3.05, 3.63) is 47.0 Å². The van der Waals surface area contributed by atoms with E-state index in [9.17, 15) is 9.18 Å². The minimum atomic E-state index is -0.324. The maximum absolute atomic E-state index is 13.1. The average molecular weight is 314 g/mol. The fraction of sp³-hybridized carbons (Fsp3) is 0.353. The summed E-state index contributed by atoms with van der Waals surface area (Å²) in [6.07, 6.45) is 3.85. The quantitative estimate of drug-likeness (QED) is 0.946. The van der Waals surface area contributed by atoms with Crippen molar-refractivity contribution < 1.29 is 9.18 Å². The summed E-state index contributed by atoms with van der Waals surface area (Å²) < 4.78 is 13.1. The SMILES string of the molecule is Cc1cc(F)ccc1NC(=O)c1cnc(N2CCCC2)nc1C. The second-order valence-electron chi connectivity index (χ2n) is 5.78. The molecule has 1 aromatic heterocycles. The lowest BCUT2D eigenvalue weighted by molar-refractivity contribution is 0.102. The molecule has 1 fully saturated rings. The summed E-state index contributed by atoms with van der Waals surface area (Å²) in [7, 11) is 0. The highest BCUT2D eigenvalue weighted by atomic mass is 19.1. The van der Waals surface area contributed by atoms with Crippen LogP contribution in [-0.4, -0.2) is 29.0 Å². The molecular formula is C17H19FN4O. The molecule has 1 N–H and O–H groups in total. The van der Waals surface area contributed by atoms with Gasteiger partial charge in [-0.2, -0.15) is 0 Å². The Morgan fingerprint density at radius 3 is 2.65 bits per heavy atom.